The highest BCUT2D eigenvalue weighted by molar-refractivity contribution is 6.04. The molecule has 0 spiro atoms. The third kappa shape index (κ3) is 5.67. The molecule has 1 unspecified atom stereocenters. The van der Waals surface area contributed by atoms with Crippen LogP contribution < -0.4 is 20.4 Å². The van der Waals surface area contributed by atoms with Crippen LogP contribution in [0.3, 0.4) is 0 Å². The molecular weight excluding hydrogens is 541 g/mol. The van der Waals surface area contributed by atoms with E-state index in [4.69, 9.17) is 9.84 Å². The fourth-order valence-electron chi connectivity index (χ4n) is 5.87. The number of cyclic esters (lactones) is 1. The van der Waals surface area contributed by atoms with E-state index in [0.717, 1.165) is 42.0 Å². The number of para-hydroxylation sites is 1. The molecule has 10 nitrogen and oxygen atoms in total. The number of anilines is 3. The summed E-state index contributed by atoms with van der Waals surface area (Å²) >= 11 is 0. The molecule has 4 aliphatic rings. The summed E-state index contributed by atoms with van der Waals surface area (Å²) in [5, 5.41) is 13.9. The van der Waals surface area contributed by atoms with E-state index in [2.05, 4.69) is 33.8 Å². The second-order valence-corrected chi connectivity index (χ2v) is 10.7. The quantitative estimate of drug-likeness (QED) is 0.449. The number of amides is 3. The van der Waals surface area contributed by atoms with Crippen LogP contribution in [0.25, 0.3) is 0 Å². The smallest absolute Gasteiger partial charge is 0.414 e. The molecule has 0 aromatic heterocycles. The highest BCUT2D eigenvalue weighted by Gasteiger charge is 2.33. The zero-order valence-electron chi connectivity index (χ0n) is 23.0. The predicted octanol–water partition coefficient (Wildman–Crippen LogP) is 4.44. The van der Waals surface area contributed by atoms with Gasteiger partial charge in [0, 0.05) is 50.5 Å². The summed E-state index contributed by atoms with van der Waals surface area (Å²) in [6.45, 7) is 3.16. The topological polar surface area (TPSA) is 114 Å². The molecule has 2 aromatic carbocycles. The molecule has 3 aliphatic heterocycles. The third-order valence-corrected chi connectivity index (χ3v) is 8.08. The number of rotatable bonds is 7. The van der Waals surface area contributed by atoms with Gasteiger partial charge in [0.05, 0.1) is 23.8 Å². The van der Waals surface area contributed by atoms with E-state index >= 15 is 4.39 Å². The van der Waals surface area contributed by atoms with Crippen LogP contribution in [0.4, 0.5) is 31.0 Å². The molecular formula is C31H32FN5O5. The standard InChI is InChI=1S/C31H32FN5O5/c32-26-18-22(37-19-23(42-31(37)41)11-12-33-30(39)40)9-10-28(26)36-15-13-35(14-16-36)21-7-5-20(6-8-21)17-25-24-3-1-2-4-27(24)34-29(25)38/h1-5,7-10,17-18,23,25,33H,6,11-16,19H2,(H,34,38)(H,39,40)/t23-,25?/m0/s1. The Hall–Kier alpha value is -4.80. The number of fused-ring (bicyclic) bond motifs is 1. The molecule has 3 N–H and O–H groups in total. The van der Waals surface area contributed by atoms with E-state index in [1.54, 1.807) is 12.1 Å². The monoisotopic (exact) mass is 573 g/mol. The van der Waals surface area contributed by atoms with E-state index in [1.165, 1.54) is 11.0 Å². The minimum Gasteiger partial charge on any atom is -0.465 e. The first-order valence-electron chi connectivity index (χ1n) is 14.1. The van der Waals surface area contributed by atoms with Crippen molar-refractivity contribution >= 4 is 35.2 Å². The molecule has 42 heavy (non-hydrogen) atoms. The molecule has 1 aliphatic carbocycles. The van der Waals surface area contributed by atoms with Crippen molar-refractivity contribution < 1.29 is 28.6 Å². The molecule has 0 saturated carbocycles. The van der Waals surface area contributed by atoms with Crippen LogP contribution in [0.15, 0.2) is 78.0 Å². The second kappa shape index (κ2) is 11.6. The lowest BCUT2D eigenvalue weighted by molar-refractivity contribution is -0.116. The SMILES string of the molecule is O=C(O)NCC[C@H]1CN(c2ccc(N3CCN(C4=CCC(=CC5C(=O)Nc6ccccc65)C=C4)CC3)c(F)c2)C(=O)O1. The number of piperazine rings is 1. The van der Waals surface area contributed by atoms with E-state index < -0.39 is 24.1 Å². The van der Waals surface area contributed by atoms with E-state index in [1.807, 2.05) is 35.2 Å². The van der Waals surface area contributed by atoms with Gasteiger partial charge in [-0.25, -0.2) is 14.0 Å². The molecule has 2 saturated heterocycles. The van der Waals surface area contributed by atoms with Crippen molar-refractivity contribution in [2.75, 3.05) is 54.4 Å². The van der Waals surface area contributed by atoms with Crippen LogP contribution in [-0.4, -0.2) is 73.5 Å². The van der Waals surface area contributed by atoms with Crippen molar-refractivity contribution in [1.29, 1.82) is 0 Å². The van der Waals surface area contributed by atoms with Crippen molar-refractivity contribution in [3.8, 4) is 0 Å². The Kier molecular flexibility index (Phi) is 7.56. The molecule has 2 aromatic rings. The van der Waals surface area contributed by atoms with E-state index in [-0.39, 0.29) is 24.9 Å². The third-order valence-electron chi connectivity index (χ3n) is 8.08. The number of benzene rings is 2. The minimum atomic E-state index is -1.13. The number of hydrogen-bond donors (Lipinski definition) is 3. The first-order chi connectivity index (χ1) is 20.4. The Balaban J connectivity index is 1.03. The number of carboxylic acid groups (broad SMARTS) is 1. The maximum Gasteiger partial charge on any atom is 0.414 e. The van der Waals surface area contributed by atoms with Crippen LogP contribution in [0.1, 0.15) is 24.3 Å². The number of carbonyl (C=O) groups is 3. The number of ether oxygens (including phenoxy) is 1. The normalized spacial score (nSPS) is 22.6. The maximum atomic E-state index is 15.2. The number of carbonyl (C=O) groups excluding carboxylic acids is 2. The lowest BCUT2D eigenvalue weighted by Crippen LogP contribution is -2.46. The largest absolute Gasteiger partial charge is 0.465 e. The van der Waals surface area contributed by atoms with Gasteiger partial charge in [0.25, 0.3) is 0 Å². The molecule has 6 rings (SSSR count). The van der Waals surface area contributed by atoms with Gasteiger partial charge in [-0.2, -0.15) is 0 Å². The van der Waals surface area contributed by atoms with E-state index in [0.29, 0.717) is 30.9 Å². The van der Waals surface area contributed by atoms with Crippen molar-refractivity contribution in [3.05, 3.63) is 89.4 Å². The van der Waals surface area contributed by atoms with E-state index in [9.17, 15) is 14.4 Å². The molecule has 0 bridgehead atoms. The summed E-state index contributed by atoms with van der Waals surface area (Å²) < 4.78 is 20.5. The molecule has 0 radical (unpaired) electrons. The summed E-state index contributed by atoms with van der Waals surface area (Å²) in [5.74, 6) is -0.688. The number of hydrogen-bond acceptors (Lipinski definition) is 6. The summed E-state index contributed by atoms with van der Waals surface area (Å²) in [7, 11) is 0. The number of nitrogens with zero attached hydrogens (tertiary/aromatic N) is 3. The van der Waals surface area contributed by atoms with Crippen molar-refractivity contribution in [2.24, 2.45) is 0 Å². The van der Waals surface area contributed by atoms with Gasteiger partial charge in [-0.1, -0.05) is 36.4 Å². The second-order valence-electron chi connectivity index (χ2n) is 10.7. The zero-order valence-corrected chi connectivity index (χ0v) is 23.0. The first-order valence-corrected chi connectivity index (χ1v) is 14.1. The van der Waals surface area contributed by atoms with Gasteiger partial charge in [-0.3, -0.25) is 9.69 Å². The highest BCUT2D eigenvalue weighted by Crippen LogP contribution is 2.35. The maximum absolute atomic E-state index is 15.2. The summed E-state index contributed by atoms with van der Waals surface area (Å²) in [4.78, 5) is 41.1. The Morgan fingerprint density at radius 3 is 2.62 bits per heavy atom. The van der Waals surface area contributed by atoms with Crippen LogP contribution >= 0.6 is 0 Å². The zero-order chi connectivity index (χ0) is 29.2. The molecule has 2 fully saturated rings. The fraction of sp³-hybridized carbons (Fsp3) is 0.323. The minimum absolute atomic E-state index is 0.00152. The summed E-state index contributed by atoms with van der Waals surface area (Å²) in [5.41, 5.74) is 5.00. The molecule has 3 amide bonds. The Morgan fingerprint density at radius 1 is 1.10 bits per heavy atom. The van der Waals surface area contributed by atoms with Crippen molar-refractivity contribution in [1.82, 2.24) is 10.2 Å². The lowest BCUT2D eigenvalue weighted by Gasteiger charge is -2.38. The first kappa shape index (κ1) is 27.4. The number of nitrogens with one attached hydrogen (secondary N) is 2. The van der Waals surface area contributed by atoms with Gasteiger partial charge in [0.2, 0.25) is 5.91 Å². The Morgan fingerprint density at radius 2 is 1.88 bits per heavy atom. The lowest BCUT2D eigenvalue weighted by atomic mass is 9.95. The van der Waals surface area contributed by atoms with Gasteiger partial charge in [-0.15, -0.1) is 0 Å². The van der Waals surface area contributed by atoms with Crippen molar-refractivity contribution in [2.45, 2.75) is 24.9 Å². The number of halogens is 1. The molecule has 218 valence electrons. The highest BCUT2D eigenvalue weighted by atomic mass is 19.1. The Labute approximate surface area is 242 Å². The van der Waals surface area contributed by atoms with Crippen LogP contribution in [0.2, 0.25) is 0 Å². The Bertz CT molecular complexity index is 1500. The molecule has 2 atom stereocenters. The molecule has 11 heteroatoms. The van der Waals surface area contributed by atoms with Crippen LogP contribution in [0.5, 0.6) is 0 Å². The fourth-order valence-corrected chi connectivity index (χ4v) is 5.87. The van der Waals surface area contributed by atoms with Gasteiger partial charge >= 0.3 is 12.2 Å². The van der Waals surface area contributed by atoms with Gasteiger partial charge < -0.3 is 30.3 Å². The summed E-state index contributed by atoms with van der Waals surface area (Å²) in [6, 6.07) is 12.5. The van der Waals surface area contributed by atoms with Crippen LogP contribution in [-0.2, 0) is 9.53 Å². The average molecular weight is 574 g/mol. The average Bonchev–Trinajstić information content (AvgIpc) is 3.51. The van der Waals surface area contributed by atoms with Crippen LogP contribution in [0, 0.1) is 5.82 Å². The van der Waals surface area contributed by atoms with Gasteiger partial charge in [0.1, 0.15) is 11.9 Å². The molecule has 3 heterocycles. The van der Waals surface area contributed by atoms with Gasteiger partial charge in [-0.05, 0) is 47.9 Å². The summed E-state index contributed by atoms with van der Waals surface area (Å²) in [6.07, 6.45) is 7.28. The van der Waals surface area contributed by atoms with Crippen molar-refractivity contribution in [3.63, 3.8) is 0 Å². The predicted molar refractivity (Wildman–Crippen MR) is 156 cm³/mol. The van der Waals surface area contributed by atoms with Gasteiger partial charge in [0.15, 0.2) is 0 Å². The number of allylic oxidation sites excluding steroid dienone is 4.